The van der Waals surface area contributed by atoms with Gasteiger partial charge >= 0.3 is 0 Å². The van der Waals surface area contributed by atoms with Gasteiger partial charge in [-0.1, -0.05) is 35.3 Å². The highest BCUT2D eigenvalue weighted by molar-refractivity contribution is 7.80. The number of hydrogen-bond donors (Lipinski definition) is 2. The molecule has 21 heavy (non-hydrogen) atoms. The average Bonchev–Trinajstić information content (AvgIpc) is 2.95. The molecule has 0 bridgehead atoms. The number of halogens is 2. The van der Waals surface area contributed by atoms with Gasteiger partial charge in [0.25, 0.3) is 0 Å². The van der Waals surface area contributed by atoms with Crippen LogP contribution in [0.3, 0.4) is 0 Å². The van der Waals surface area contributed by atoms with Crippen LogP contribution in [0.2, 0.25) is 10.0 Å². The van der Waals surface area contributed by atoms with Gasteiger partial charge in [0, 0.05) is 11.0 Å². The normalized spacial score (nSPS) is 10.6. The molecule has 108 valence electrons. The number of thiophene rings is 1. The van der Waals surface area contributed by atoms with E-state index in [2.05, 4.69) is 10.6 Å². The molecule has 0 unspecified atom stereocenters. The van der Waals surface area contributed by atoms with Crippen molar-refractivity contribution in [1.82, 2.24) is 5.32 Å². The first-order valence-corrected chi connectivity index (χ1v) is 7.88. The Morgan fingerprint density at radius 3 is 2.76 bits per heavy atom. The molecule has 0 fully saturated rings. The molecular formula is C14H10Cl2N2OS2. The molecule has 2 aromatic rings. The van der Waals surface area contributed by atoms with Crippen LogP contribution in [0.5, 0.6) is 0 Å². The van der Waals surface area contributed by atoms with E-state index in [1.807, 2.05) is 17.5 Å². The van der Waals surface area contributed by atoms with E-state index in [0.29, 0.717) is 15.7 Å². The monoisotopic (exact) mass is 356 g/mol. The molecule has 1 amide bonds. The van der Waals surface area contributed by atoms with Crippen LogP contribution in [0.4, 0.5) is 5.69 Å². The fraction of sp³-hybridized carbons (Fsp3) is 0. The standard InChI is InChI=1S/C14H10Cl2N2OS2/c15-10-4-1-5-11(13(10)16)17-14(20)18-12(19)7-6-9-3-2-8-21-9/h1-8H,(H2,17,18,19,20)/b7-6+. The summed E-state index contributed by atoms with van der Waals surface area (Å²) in [4.78, 5) is 12.7. The minimum atomic E-state index is -0.320. The lowest BCUT2D eigenvalue weighted by Crippen LogP contribution is -2.32. The summed E-state index contributed by atoms with van der Waals surface area (Å²) < 4.78 is 0. The number of amides is 1. The lowest BCUT2D eigenvalue weighted by Gasteiger charge is -2.10. The molecule has 3 nitrogen and oxygen atoms in total. The molecule has 1 heterocycles. The number of carbonyl (C=O) groups is 1. The third-order valence-electron chi connectivity index (χ3n) is 2.38. The summed E-state index contributed by atoms with van der Waals surface area (Å²) in [5.74, 6) is -0.320. The number of nitrogens with one attached hydrogen (secondary N) is 2. The van der Waals surface area contributed by atoms with Crippen LogP contribution in [0.1, 0.15) is 4.88 Å². The lowest BCUT2D eigenvalue weighted by molar-refractivity contribution is -0.115. The largest absolute Gasteiger partial charge is 0.331 e. The Kier molecular flexibility index (Phi) is 5.76. The molecule has 0 saturated carbocycles. The second-order valence-corrected chi connectivity index (χ2v) is 6.07. The number of thiocarbonyl (C=S) groups is 1. The van der Waals surface area contributed by atoms with E-state index < -0.39 is 0 Å². The van der Waals surface area contributed by atoms with Crippen molar-refractivity contribution >= 4 is 69.5 Å². The van der Waals surface area contributed by atoms with Gasteiger partial charge < -0.3 is 5.32 Å². The SMILES string of the molecule is O=C(/C=C/c1cccs1)NC(=S)Nc1cccc(Cl)c1Cl. The van der Waals surface area contributed by atoms with Crippen LogP contribution < -0.4 is 10.6 Å². The number of carbonyl (C=O) groups excluding carboxylic acids is 1. The fourth-order valence-corrected chi connectivity index (χ4v) is 2.63. The molecule has 0 atom stereocenters. The van der Waals surface area contributed by atoms with Gasteiger partial charge in [-0.05, 0) is 41.9 Å². The average molecular weight is 357 g/mol. The zero-order chi connectivity index (χ0) is 15.2. The van der Waals surface area contributed by atoms with Crippen LogP contribution in [0.15, 0.2) is 41.8 Å². The maximum atomic E-state index is 11.7. The summed E-state index contributed by atoms with van der Waals surface area (Å²) in [5, 5.41) is 8.21. The summed E-state index contributed by atoms with van der Waals surface area (Å²) in [5.41, 5.74) is 0.539. The highest BCUT2D eigenvalue weighted by Gasteiger charge is 2.07. The molecule has 0 radical (unpaired) electrons. The minimum absolute atomic E-state index is 0.153. The van der Waals surface area contributed by atoms with Crippen molar-refractivity contribution in [3.8, 4) is 0 Å². The highest BCUT2D eigenvalue weighted by Crippen LogP contribution is 2.29. The van der Waals surface area contributed by atoms with E-state index in [-0.39, 0.29) is 11.0 Å². The lowest BCUT2D eigenvalue weighted by atomic mass is 10.3. The molecular weight excluding hydrogens is 347 g/mol. The van der Waals surface area contributed by atoms with Gasteiger partial charge in [0.1, 0.15) is 0 Å². The molecule has 1 aromatic carbocycles. The summed E-state index contributed by atoms with van der Waals surface area (Å²) in [6.45, 7) is 0. The molecule has 0 aliphatic heterocycles. The number of hydrogen-bond acceptors (Lipinski definition) is 3. The molecule has 0 aliphatic carbocycles. The fourth-order valence-electron chi connectivity index (χ4n) is 1.45. The van der Waals surface area contributed by atoms with Crippen molar-refractivity contribution in [3.05, 3.63) is 56.7 Å². The zero-order valence-corrected chi connectivity index (χ0v) is 13.7. The van der Waals surface area contributed by atoms with Crippen molar-refractivity contribution in [2.45, 2.75) is 0 Å². The Morgan fingerprint density at radius 2 is 2.05 bits per heavy atom. The van der Waals surface area contributed by atoms with E-state index >= 15 is 0 Å². The van der Waals surface area contributed by atoms with Gasteiger partial charge in [-0.2, -0.15) is 0 Å². The maximum absolute atomic E-state index is 11.7. The summed E-state index contributed by atoms with van der Waals surface area (Å²) in [6, 6.07) is 8.94. The van der Waals surface area contributed by atoms with Crippen molar-refractivity contribution in [1.29, 1.82) is 0 Å². The second kappa shape index (κ2) is 7.56. The molecule has 7 heteroatoms. The van der Waals surface area contributed by atoms with E-state index in [1.165, 1.54) is 6.08 Å². The molecule has 2 N–H and O–H groups in total. The third-order valence-corrected chi connectivity index (χ3v) is 4.24. The van der Waals surface area contributed by atoms with E-state index in [1.54, 1.807) is 35.6 Å². The molecule has 0 aliphatic rings. The quantitative estimate of drug-likeness (QED) is 0.624. The van der Waals surface area contributed by atoms with Crippen LogP contribution in [-0.2, 0) is 4.79 Å². The molecule has 1 aromatic heterocycles. The zero-order valence-electron chi connectivity index (χ0n) is 10.6. The van der Waals surface area contributed by atoms with Crippen LogP contribution in [0.25, 0.3) is 6.08 Å². The first kappa shape index (κ1) is 16.0. The van der Waals surface area contributed by atoms with Gasteiger partial charge in [0.2, 0.25) is 5.91 Å². The van der Waals surface area contributed by atoms with Gasteiger partial charge in [-0.15, -0.1) is 11.3 Å². The maximum Gasteiger partial charge on any atom is 0.250 e. The highest BCUT2D eigenvalue weighted by atomic mass is 35.5. The van der Waals surface area contributed by atoms with Gasteiger partial charge in [-0.3, -0.25) is 10.1 Å². The summed E-state index contributed by atoms with van der Waals surface area (Å²) >= 11 is 18.5. The summed E-state index contributed by atoms with van der Waals surface area (Å²) in [6.07, 6.45) is 3.13. The Bertz CT molecular complexity index is 684. The number of rotatable bonds is 3. The topological polar surface area (TPSA) is 41.1 Å². The smallest absolute Gasteiger partial charge is 0.250 e. The minimum Gasteiger partial charge on any atom is -0.331 e. The molecule has 0 saturated heterocycles. The Hall–Kier alpha value is -1.40. The van der Waals surface area contributed by atoms with Gasteiger partial charge in [-0.25, -0.2) is 0 Å². The Labute approximate surface area is 141 Å². The van der Waals surface area contributed by atoms with Crippen molar-refractivity contribution in [2.24, 2.45) is 0 Å². The van der Waals surface area contributed by atoms with Crippen molar-refractivity contribution < 1.29 is 4.79 Å². The number of anilines is 1. The first-order valence-electron chi connectivity index (χ1n) is 5.84. The van der Waals surface area contributed by atoms with Crippen LogP contribution in [-0.4, -0.2) is 11.0 Å². The third kappa shape index (κ3) is 4.82. The van der Waals surface area contributed by atoms with Gasteiger partial charge in [0.05, 0.1) is 15.7 Å². The van der Waals surface area contributed by atoms with E-state index in [0.717, 1.165) is 4.88 Å². The molecule has 0 spiro atoms. The van der Waals surface area contributed by atoms with Crippen molar-refractivity contribution in [3.63, 3.8) is 0 Å². The molecule has 2 rings (SSSR count). The van der Waals surface area contributed by atoms with Gasteiger partial charge in [0.15, 0.2) is 5.11 Å². The van der Waals surface area contributed by atoms with Crippen molar-refractivity contribution in [2.75, 3.05) is 5.32 Å². The Balaban J connectivity index is 1.92. The van der Waals surface area contributed by atoms with Crippen LogP contribution in [0, 0.1) is 0 Å². The van der Waals surface area contributed by atoms with E-state index in [4.69, 9.17) is 35.4 Å². The predicted molar refractivity (Wildman–Crippen MR) is 94.2 cm³/mol. The van der Waals surface area contributed by atoms with Crippen LogP contribution >= 0.6 is 46.8 Å². The number of benzene rings is 1. The summed E-state index contributed by atoms with van der Waals surface area (Å²) in [7, 11) is 0. The predicted octanol–water partition coefficient (Wildman–Crippen LogP) is 4.58. The Morgan fingerprint density at radius 1 is 1.24 bits per heavy atom. The first-order chi connectivity index (χ1) is 10.1. The van der Waals surface area contributed by atoms with E-state index in [9.17, 15) is 4.79 Å². The second-order valence-electron chi connectivity index (χ2n) is 3.89.